The van der Waals surface area contributed by atoms with Crippen LogP contribution in [0.3, 0.4) is 0 Å². The van der Waals surface area contributed by atoms with Gasteiger partial charge in [-0.05, 0) is 50.5 Å². The Bertz CT molecular complexity index is 709. The number of carbonyl (C=O) groups excluding carboxylic acids is 2. The van der Waals surface area contributed by atoms with Gasteiger partial charge in [-0.3, -0.25) is 4.79 Å². The molecule has 0 saturated carbocycles. The van der Waals surface area contributed by atoms with Crippen LogP contribution in [0.2, 0.25) is 0 Å². The molecule has 1 heterocycles. The minimum Gasteiger partial charge on any atom is -0.452 e. The van der Waals surface area contributed by atoms with Crippen LogP contribution in [-0.4, -0.2) is 50.3 Å². The van der Waals surface area contributed by atoms with Gasteiger partial charge in [-0.2, -0.15) is 4.31 Å². The smallest absolute Gasteiger partial charge is 0.338 e. The normalized spacial score (nSPS) is 16.4. The Morgan fingerprint density at radius 3 is 2.36 bits per heavy atom. The average Bonchev–Trinajstić information content (AvgIpc) is 3.15. The Morgan fingerprint density at radius 1 is 1.20 bits per heavy atom. The van der Waals surface area contributed by atoms with Crippen molar-refractivity contribution in [1.29, 1.82) is 0 Å². The summed E-state index contributed by atoms with van der Waals surface area (Å²) in [5.74, 6) is -1.03. The Labute approximate surface area is 148 Å². The summed E-state index contributed by atoms with van der Waals surface area (Å²) in [7, 11) is -3.51. The maximum atomic E-state index is 12.4. The molecule has 1 atom stereocenters. The minimum atomic E-state index is -3.51. The highest BCUT2D eigenvalue weighted by molar-refractivity contribution is 7.89. The van der Waals surface area contributed by atoms with E-state index in [1.165, 1.54) is 28.6 Å². The van der Waals surface area contributed by atoms with Gasteiger partial charge >= 0.3 is 5.97 Å². The fourth-order valence-corrected chi connectivity index (χ4v) is 3.99. The fraction of sp³-hybridized carbons (Fsp3) is 0.529. The van der Waals surface area contributed by atoms with Gasteiger partial charge in [-0.15, -0.1) is 0 Å². The van der Waals surface area contributed by atoms with Crippen LogP contribution in [0.5, 0.6) is 0 Å². The van der Waals surface area contributed by atoms with E-state index in [4.69, 9.17) is 4.74 Å². The van der Waals surface area contributed by atoms with Crippen LogP contribution in [-0.2, 0) is 19.6 Å². The molecular formula is C17H24N2O5S. The maximum absolute atomic E-state index is 12.4. The summed E-state index contributed by atoms with van der Waals surface area (Å²) in [6.07, 6.45) is 2.51. The van der Waals surface area contributed by atoms with Crippen LogP contribution in [0.4, 0.5) is 0 Å². The zero-order chi connectivity index (χ0) is 18.4. The molecule has 1 aromatic rings. The highest BCUT2D eigenvalue weighted by atomic mass is 32.2. The first-order chi connectivity index (χ1) is 11.8. The van der Waals surface area contributed by atoms with Crippen molar-refractivity contribution in [3.63, 3.8) is 0 Å². The molecule has 8 heteroatoms. The van der Waals surface area contributed by atoms with Crippen molar-refractivity contribution >= 4 is 21.9 Å². The molecule has 0 spiro atoms. The van der Waals surface area contributed by atoms with Gasteiger partial charge in [0.1, 0.15) is 0 Å². The molecule has 1 aliphatic rings. The monoisotopic (exact) mass is 368 g/mol. The molecule has 2 rings (SSSR count). The lowest BCUT2D eigenvalue weighted by Crippen LogP contribution is -2.35. The van der Waals surface area contributed by atoms with E-state index in [2.05, 4.69) is 5.32 Å². The SMILES string of the molecule is CC[C@H](C)NC(=O)COC(=O)c1ccc(S(=O)(=O)N2CCCC2)cc1. The molecule has 7 nitrogen and oxygen atoms in total. The number of carbonyl (C=O) groups is 2. The van der Waals surface area contributed by atoms with E-state index in [0.717, 1.165) is 19.3 Å². The van der Waals surface area contributed by atoms with Crippen molar-refractivity contribution in [2.45, 2.75) is 44.0 Å². The highest BCUT2D eigenvalue weighted by Gasteiger charge is 2.27. The van der Waals surface area contributed by atoms with Crippen LogP contribution in [0.15, 0.2) is 29.2 Å². The molecule has 0 unspecified atom stereocenters. The van der Waals surface area contributed by atoms with Gasteiger partial charge in [0, 0.05) is 19.1 Å². The largest absolute Gasteiger partial charge is 0.452 e. The van der Waals surface area contributed by atoms with Crippen molar-refractivity contribution in [3.05, 3.63) is 29.8 Å². The number of nitrogens with one attached hydrogen (secondary N) is 1. The Kier molecular flexibility index (Phi) is 6.55. The number of benzene rings is 1. The van der Waals surface area contributed by atoms with Gasteiger partial charge in [0.15, 0.2) is 6.61 Å². The average molecular weight is 368 g/mol. The third-order valence-electron chi connectivity index (χ3n) is 4.15. The second-order valence-corrected chi connectivity index (χ2v) is 8.03. The van der Waals surface area contributed by atoms with E-state index in [1.807, 2.05) is 13.8 Å². The second-order valence-electron chi connectivity index (χ2n) is 6.09. The summed E-state index contributed by atoms with van der Waals surface area (Å²) >= 11 is 0. The maximum Gasteiger partial charge on any atom is 0.338 e. The van der Waals surface area contributed by atoms with Crippen LogP contribution < -0.4 is 5.32 Å². The van der Waals surface area contributed by atoms with Gasteiger partial charge in [-0.25, -0.2) is 13.2 Å². The summed E-state index contributed by atoms with van der Waals surface area (Å²) in [5, 5.41) is 2.70. The summed E-state index contributed by atoms with van der Waals surface area (Å²) in [6, 6.07) is 5.60. The number of hydrogen-bond acceptors (Lipinski definition) is 5. The first-order valence-electron chi connectivity index (χ1n) is 8.41. The zero-order valence-corrected chi connectivity index (χ0v) is 15.3. The molecule has 138 valence electrons. The van der Waals surface area contributed by atoms with Crippen LogP contribution >= 0.6 is 0 Å². The molecule has 0 bridgehead atoms. The standard InChI is InChI=1S/C17H24N2O5S/c1-3-13(2)18-16(20)12-24-17(21)14-6-8-15(9-7-14)25(22,23)19-10-4-5-11-19/h6-9,13H,3-5,10-12H2,1-2H3,(H,18,20)/t13-/m0/s1. The van der Waals surface area contributed by atoms with E-state index in [9.17, 15) is 18.0 Å². The number of nitrogens with zero attached hydrogens (tertiary/aromatic N) is 1. The molecule has 1 amide bonds. The molecule has 0 aliphatic carbocycles. The van der Waals surface area contributed by atoms with Crippen molar-refractivity contribution in [3.8, 4) is 0 Å². The molecular weight excluding hydrogens is 344 g/mol. The summed E-state index contributed by atoms with van der Waals surface area (Å²) in [4.78, 5) is 23.7. The van der Waals surface area contributed by atoms with Gasteiger partial charge < -0.3 is 10.1 Å². The molecule has 25 heavy (non-hydrogen) atoms. The van der Waals surface area contributed by atoms with E-state index < -0.39 is 16.0 Å². The lowest BCUT2D eigenvalue weighted by atomic mass is 10.2. The number of amides is 1. The van der Waals surface area contributed by atoms with E-state index >= 15 is 0 Å². The van der Waals surface area contributed by atoms with Crippen LogP contribution in [0.1, 0.15) is 43.5 Å². The molecule has 1 fully saturated rings. The van der Waals surface area contributed by atoms with E-state index in [1.54, 1.807) is 0 Å². The van der Waals surface area contributed by atoms with Crippen molar-refractivity contribution in [2.75, 3.05) is 19.7 Å². The predicted octanol–water partition coefficient (Wildman–Crippen LogP) is 1.54. The Hall–Kier alpha value is -1.93. The third kappa shape index (κ3) is 5.02. The number of rotatable bonds is 7. The first-order valence-corrected chi connectivity index (χ1v) is 9.85. The van der Waals surface area contributed by atoms with Crippen molar-refractivity contribution in [2.24, 2.45) is 0 Å². The van der Waals surface area contributed by atoms with Gasteiger partial charge in [0.05, 0.1) is 10.5 Å². The van der Waals surface area contributed by atoms with Crippen molar-refractivity contribution < 1.29 is 22.7 Å². The fourth-order valence-electron chi connectivity index (χ4n) is 2.47. The topological polar surface area (TPSA) is 92.8 Å². The minimum absolute atomic E-state index is 0.0151. The van der Waals surface area contributed by atoms with Crippen molar-refractivity contribution in [1.82, 2.24) is 9.62 Å². The third-order valence-corrected chi connectivity index (χ3v) is 6.06. The molecule has 1 aromatic carbocycles. The lowest BCUT2D eigenvalue weighted by Gasteiger charge is -2.15. The molecule has 1 saturated heterocycles. The van der Waals surface area contributed by atoms with Gasteiger partial charge in [0.2, 0.25) is 10.0 Å². The summed E-state index contributed by atoms with van der Waals surface area (Å²) in [6.45, 7) is 4.49. The van der Waals surface area contributed by atoms with Crippen LogP contribution in [0, 0.1) is 0 Å². The second kappa shape index (κ2) is 8.44. The molecule has 0 radical (unpaired) electrons. The zero-order valence-electron chi connectivity index (χ0n) is 14.5. The van der Waals surface area contributed by atoms with Gasteiger partial charge in [-0.1, -0.05) is 6.92 Å². The first kappa shape index (κ1) is 19.4. The lowest BCUT2D eigenvalue weighted by molar-refractivity contribution is -0.124. The van der Waals surface area contributed by atoms with Crippen LogP contribution in [0.25, 0.3) is 0 Å². The number of sulfonamides is 1. The Balaban J connectivity index is 1.95. The molecule has 1 aliphatic heterocycles. The predicted molar refractivity (Wildman–Crippen MR) is 92.6 cm³/mol. The molecule has 0 aromatic heterocycles. The highest BCUT2D eigenvalue weighted by Crippen LogP contribution is 2.21. The van der Waals surface area contributed by atoms with Gasteiger partial charge in [0.25, 0.3) is 5.91 Å². The van der Waals surface area contributed by atoms with E-state index in [-0.39, 0.29) is 29.0 Å². The number of esters is 1. The molecule has 1 N–H and O–H groups in total. The number of hydrogen-bond donors (Lipinski definition) is 1. The number of ether oxygens (including phenoxy) is 1. The Morgan fingerprint density at radius 2 is 1.80 bits per heavy atom. The summed E-state index contributed by atoms with van der Waals surface area (Å²) < 4.78 is 31.2. The quantitative estimate of drug-likeness (QED) is 0.737. The summed E-state index contributed by atoms with van der Waals surface area (Å²) in [5.41, 5.74) is 0.205. The van der Waals surface area contributed by atoms with E-state index in [0.29, 0.717) is 13.1 Å².